The van der Waals surface area contributed by atoms with Gasteiger partial charge in [-0.1, -0.05) is 15.9 Å². The van der Waals surface area contributed by atoms with Gasteiger partial charge in [-0.05, 0) is 37.1 Å². The molecule has 170 valence electrons. The monoisotopic (exact) mass is 596 g/mol. The van der Waals surface area contributed by atoms with Crippen LogP contribution in [0.25, 0.3) is 0 Å². The molecule has 0 bridgehead atoms. The fourth-order valence-corrected chi connectivity index (χ4v) is 7.67. The van der Waals surface area contributed by atoms with E-state index in [1.807, 2.05) is 0 Å². The molecular formula is C25H37BrN2O2Sn. The Kier molecular flexibility index (Phi) is 9.14. The van der Waals surface area contributed by atoms with E-state index in [0.29, 0.717) is 0 Å². The number of nitrogens with zero attached hydrogens (tertiary/aromatic N) is 2. The van der Waals surface area contributed by atoms with E-state index in [1.165, 1.54) is 11.4 Å². The van der Waals surface area contributed by atoms with Gasteiger partial charge >= 0.3 is 109 Å². The molecule has 2 aromatic rings. The van der Waals surface area contributed by atoms with E-state index in [1.54, 1.807) is 3.58 Å². The maximum atomic E-state index is 9.51. The molecule has 0 aromatic heterocycles. The Morgan fingerprint density at radius 2 is 1.03 bits per heavy atom. The molecule has 2 N–H and O–H groups in total. The molecule has 31 heavy (non-hydrogen) atoms. The second kappa shape index (κ2) is 11.4. The van der Waals surface area contributed by atoms with Crippen molar-refractivity contribution >= 4 is 49.3 Å². The molecule has 0 unspecified atom stereocenters. The first-order chi connectivity index (χ1) is 14.7. The van der Waals surface area contributed by atoms with Crippen molar-refractivity contribution in [3.8, 4) is 0 Å². The van der Waals surface area contributed by atoms with Crippen molar-refractivity contribution in [2.45, 2.75) is 52.7 Å². The Labute approximate surface area is 200 Å². The third kappa shape index (κ3) is 7.65. The van der Waals surface area contributed by atoms with Crippen molar-refractivity contribution < 1.29 is 10.2 Å². The molecule has 2 aliphatic rings. The summed E-state index contributed by atoms with van der Waals surface area (Å²) < 4.78 is 2.69. The van der Waals surface area contributed by atoms with Crippen molar-refractivity contribution in [1.29, 1.82) is 0 Å². The van der Waals surface area contributed by atoms with Crippen LogP contribution in [0.4, 0.5) is 11.4 Å². The van der Waals surface area contributed by atoms with E-state index in [9.17, 15) is 10.2 Å². The maximum absolute atomic E-state index is 9.51. The number of hydrogen-bond acceptors (Lipinski definition) is 4. The van der Waals surface area contributed by atoms with Gasteiger partial charge in [0.1, 0.15) is 0 Å². The molecule has 0 saturated carbocycles. The van der Waals surface area contributed by atoms with Crippen molar-refractivity contribution in [2.24, 2.45) is 0 Å². The summed E-state index contributed by atoms with van der Waals surface area (Å²) in [6.45, 7) is 3.89. The summed E-state index contributed by atoms with van der Waals surface area (Å²) in [5.41, 5.74) is 2.57. The van der Waals surface area contributed by atoms with Gasteiger partial charge in [-0.25, -0.2) is 0 Å². The van der Waals surface area contributed by atoms with Gasteiger partial charge in [-0.2, -0.15) is 0 Å². The predicted octanol–water partition coefficient (Wildman–Crippen LogP) is 4.60. The molecule has 6 heteroatoms. The summed E-state index contributed by atoms with van der Waals surface area (Å²) in [7, 11) is 0. The van der Waals surface area contributed by atoms with Crippen LogP contribution in [0.15, 0.2) is 53.0 Å². The normalized spacial score (nSPS) is 18.5. The van der Waals surface area contributed by atoms with E-state index < -0.39 is 18.4 Å². The zero-order chi connectivity index (χ0) is 22.4. The second-order valence-electron chi connectivity index (χ2n) is 9.71. The van der Waals surface area contributed by atoms with Crippen LogP contribution >= 0.6 is 15.9 Å². The van der Waals surface area contributed by atoms with Gasteiger partial charge in [0, 0.05) is 23.2 Å². The number of aliphatic hydroxyl groups is 2. The minimum absolute atomic E-state index is 0.0868. The SMILES string of the molecule is OC1CCN(c2ccc(Br)cc2)CC1.[CH3][Sn]([CH3])([CH3])[c]1ccc(N2CCC(O)CC2)cc1. The molecule has 0 aliphatic carbocycles. The van der Waals surface area contributed by atoms with Gasteiger partial charge in [0.15, 0.2) is 0 Å². The molecule has 4 nitrogen and oxygen atoms in total. The van der Waals surface area contributed by atoms with Gasteiger partial charge < -0.3 is 10.0 Å². The van der Waals surface area contributed by atoms with E-state index in [2.05, 4.69) is 89.1 Å². The molecule has 2 heterocycles. The summed E-state index contributed by atoms with van der Waals surface area (Å²) in [6, 6.07) is 17.5. The molecule has 2 fully saturated rings. The van der Waals surface area contributed by atoms with E-state index >= 15 is 0 Å². The molecule has 4 rings (SSSR count). The van der Waals surface area contributed by atoms with Crippen LogP contribution in [0.3, 0.4) is 0 Å². The number of benzene rings is 2. The third-order valence-electron chi connectivity index (χ3n) is 6.22. The molecule has 2 aromatic carbocycles. The molecule has 2 saturated heterocycles. The quantitative estimate of drug-likeness (QED) is 0.509. The van der Waals surface area contributed by atoms with E-state index in [4.69, 9.17) is 0 Å². The molecule has 0 atom stereocenters. The van der Waals surface area contributed by atoms with Gasteiger partial charge in [0.25, 0.3) is 0 Å². The summed E-state index contributed by atoms with van der Waals surface area (Å²) in [4.78, 5) is 12.0. The van der Waals surface area contributed by atoms with Gasteiger partial charge in [-0.3, -0.25) is 0 Å². The number of anilines is 2. The molecule has 0 amide bonds. The number of halogens is 1. The Hall–Kier alpha value is -0.761. The topological polar surface area (TPSA) is 46.9 Å². The molecule has 2 aliphatic heterocycles. The average molecular weight is 596 g/mol. The third-order valence-corrected chi connectivity index (χ3v) is 12.6. The summed E-state index contributed by atoms with van der Waals surface area (Å²) in [5.74, 6) is 0. The Morgan fingerprint density at radius 1 is 0.677 bits per heavy atom. The second-order valence-corrected chi connectivity index (χ2v) is 25.1. The fourth-order valence-electron chi connectivity index (χ4n) is 4.07. The summed E-state index contributed by atoms with van der Waals surface area (Å²) >= 11 is 1.53. The number of rotatable bonds is 3. The van der Waals surface area contributed by atoms with Crippen molar-refractivity contribution in [3.05, 3.63) is 53.0 Å². The van der Waals surface area contributed by atoms with Gasteiger partial charge in [0.2, 0.25) is 0 Å². The van der Waals surface area contributed by atoms with Crippen LogP contribution in [0, 0.1) is 0 Å². The predicted molar refractivity (Wildman–Crippen MR) is 138 cm³/mol. The van der Waals surface area contributed by atoms with Crippen LogP contribution in [0.2, 0.25) is 14.8 Å². The minimum atomic E-state index is -1.89. The number of hydrogen-bond donors (Lipinski definition) is 2. The molecule has 0 spiro atoms. The number of piperidine rings is 2. The van der Waals surface area contributed by atoms with Crippen LogP contribution in [0.5, 0.6) is 0 Å². The fraction of sp³-hybridized carbons (Fsp3) is 0.520. The van der Waals surface area contributed by atoms with Crippen LogP contribution in [-0.4, -0.2) is 67.0 Å². The molecule has 0 radical (unpaired) electrons. The first kappa shape index (κ1) is 24.9. The summed E-state index contributed by atoms with van der Waals surface area (Å²) in [6.07, 6.45) is 3.39. The standard InChI is InChI=1S/C11H14BrNO.C11H14NO.3CH3.Sn/c12-9-1-3-10(4-2-9)13-7-5-11(14)6-8-13;13-11-6-8-12(9-7-11)10-4-2-1-3-5-10;;;;/h1-4,11,14H,5-8H2;2-5,11,13H,6-9H2;3*1H3;. The van der Waals surface area contributed by atoms with Crippen molar-refractivity contribution in [2.75, 3.05) is 36.0 Å². The zero-order valence-corrected chi connectivity index (χ0v) is 23.5. The Morgan fingerprint density at radius 3 is 1.39 bits per heavy atom. The van der Waals surface area contributed by atoms with E-state index in [-0.39, 0.29) is 12.2 Å². The van der Waals surface area contributed by atoms with Crippen LogP contribution in [-0.2, 0) is 0 Å². The average Bonchev–Trinajstić information content (AvgIpc) is 2.75. The first-order valence-corrected chi connectivity index (χ1v) is 22.2. The Bertz CT molecular complexity index is 792. The summed E-state index contributed by atoms with van der Waals surface area (Å²) in [5, 5.41) is 18.9. The van der Waals surface area contributed by atoms with Crippen molar-refractivity contribution in [3.63, 3.8) is 0 Å². The molecular weight excluding hydrogens is 559 g/mol. The Balaban J connectivity index is 0.000000179. The first-order valence-electron chi connectivity index (χ1n) is 11.4. The van der Waals surface area contributed by atoms with Crippen LogP contribution < -0.4 is 13.4 Å². The van der Waals surface area contributed by atoms with E-state index in [0.717, 1.165) is 56.3 Å². The van der Waals surface area contributed by atoms with Gasteiger partial charge in [-0.15, -0.1) is 0 Å². The number of aliphatic hydroxyl groups excluding tert-OH is 2. The van der Waals surface area contributed by atoms with Crippen LogP contribution in [0.1, 0.15) is 25.7 Å². The van der Waals surface area contributed by atoms with Gasteiger partial charge in [0.05, 0.1) is 6.10 Å². The van der Waals surface area contributed by atoms with Crippen molar-refractivity contribution in [1.82, 2.24) is 0 Å². The zero-order valence-electron chi connectivity index (χ0n) is 19.1.